The van der Waals surface area contributed by atoms with E-state index in [0.717, 1.165) is 31.7 Å². The molecule has 22 heavy (non-hydrogen) atoms. The molecule has 1 aromatic carbocycles. The van der Waals surface area contributed by atoms with Crippen molar-refractivity contribution in [3.63, 3.8) is 0 Å². The second-order valence-electron chi connectivity index (χ2n) is 6.55. The Bertz CT molecular complexity index is 570. The van der Waals surface area contributed by atoms with E-state index in [2.05, 4.69) is 5.32 Å². The minimum Gasteiger partial charge on any atom is -0.311 e. The molecule has 0 amide bonds. The van der Waals surface area contributed by atoms with Crippen molar-refractivity contribution < 1.29 is 18.0 Å². The molecule has 2 fully saturated rings. The Morgan fingerprint density at radius 3 is 2.36 bits per heavy atom. The van der Waals surface area contributed by atoms with Gasteiger partial charge in [-0.15, -0.1) is 0 Å². The monoisotopic (exact) mass is 311 g/mol. The van der Waals surface area contributed by atoms with Gasteiger partial charge in [0.05, 0.1) is 5.56 Å². The third kappa shape index (κ3) is 3.05. The van der Waals surface area contributed by atoms with Crippen LogP contribution in [0, 0.1) is 12.8 Å². The summed E-state index contributed by atoms with van der Waals surface area (Å²) in [6.07, 6.45) is 0.615. The van der Waals surface area contributed by atoms with E-state index in [4.69, 9.17) is 0 Å². The summed E-state index contributed by atoms with van der Waals surface area (Å²) in [6.45, 7) is 1.41. The standard InChI is InChI=1S/C17H20F3NO/c1-10-7-11(5-6-15(10)17(18,19)20)16(22)12-8-13-3-2-4-14(9-12)21-13/h5-7,12-14,21H,2-4,8-9H2,1H3. The van der Waals surface area contributed by atoms with Crippen LogP contribution in [-0.4, -0.2) is 17.9 Å². The summed E-state index contributed by atoms with van der Waals surface area (Å²) in [5.41, 5.74) is -0.130. The molecule has 0 radical (unpaired) electrons. The molecule has 0 spiro atoms. The SMILES string of the molecule is Cc1cc(C(=O)C2CC3CCCC(C2)N3)ccc1C(F)(F)F. The van der Waals surface area contributed by atoms with Crippen LogP contribution in [0.2, 0.25) is 0 Å². The number of ketones is 1. The number of carbonyl (C=O) groups excluding carboxylic acids is 1. The predicted molar refractivity (Wildman–Crippen MR) is 77.8 cm³/mol. The zero-order chi connectivity index (χ0) is 15.9. The largest absolute Gasteiger partial charge is 0.416 e. The lowest BCUT2D eigenvalue weighted by molar-refractivity contribution is -0.138. The van der Waals surface area contributed by atoms with Crippen molar-refractivity contribution in [1.29, 1.82) is 0 Å². The third-order valence-electron chi connectivity index (χ3n) is 4.90. The first-order chi connectivity index (χ1) is 10.3. The molecule has 2 bridgehead atoms. The molecule has 2 unspecified atom stereocenters. The summed E-state index contributed by atoms with van der Waals surface area (Å²) in [5.74, 6) is -0.0667. The lowest BCUT2D eigenvalue weighted by Crippen LogP contribution is -2.50. The summed E-state index contributed by atoms with van der Waals surface area (Å²) in [7, 11) is 0. The Balaban J connectivity index is 1.79. The molecule has 5 heteroatoms. The molecular formula is C17H20F3NO. The van der Waals surface area contributed by atoms with Crippen molar-refractivity contribution in [2.24, 2.45) is 5.92 Å². The highest BCUT2D eigenvalue weighted by Crippen LogP contribution is 2.34. The third-order valence-corrected chi connectivity index (χ3v) is 4.90. The molecular weight excluding hydrogens is 291 g/mol. The van der Waals surface area contributed by atoms with E-state index in [1.807, 2.05) is 0 Å². The van der Waals surface area contributed by atoms with Crippen molar-refractivity contribution in [3.8, 4) is 0 Å². The highest BCUT2D eigenvalue weighted by Gasteiger charge is 2.36. The number of alkyl halides is 3. The minimum atomic E-state index is -4.36. The molecule has 2 aliphatic rings. The highest BCUT2D eigenvalue weighted by atomic mass is 19.4. The second-order valence-corrected chi connectivity index (χ2v) is 6.55. The van der Waals surface area contributed by atoms with Gasteiger partial charge >= 0.3 is 6.18 Å². The van der Waals surface area contributed by atoms with Gasteiger partial charge in [-0.3, -0.25) is 4.79 Å². The van der Waals surface area contributed by atoms with E-state index in [-0.39, 0.29) is 17.3 Å². The number of hydrogen-bond acceptors (Lipinski definition) is 2. The van der Waals surface area contributed by atoms with Crippen LogP contribution in [0.3, 0.4) is 0 Å². The average Bonchev–Trinajstić information content (AvgIpc) is 2.44. The van der Waals surface area contributed by atoms with Gasteiger partial charge in [-0.25, -0.2) is 0 Å². The Hall–Kier alpha value is -1.36. The van der Waals surface area contributed by atoms with Gasteiger partial charge in [-0.2, -0.15) is 13.2 Å². The number of halogens is 3. The van der Waals surface area contributed by atoms with Crippen molar-refractivity contribution in [2.75, 3.05) is 0 Å². The lowest BCUT2D eigenvalue weighted by atomic mass is 9.77. The fourth-order valence-electron chi connectivity index (χ4n) is 3.85. The quantitative estimate of drug-likeness (QED) is 0.833. The number of hydrogen-bond donors (Lipinski definition) is 1. The van der Waals surface area contributed by atoms with Gasteiger partial charge in [0.15, 0.2) is 5.78 Å². The van der Waals surface area contributed by atoms with Crippen LogP contribution in [0.15, 0.2) is 18.2 Å². The maximum Gasteiger partial charge on any atom is 0.416 e. The van der Waals surface area contributed by atoms with E-state index in [1.165, 1.54) is 25.5 Å². The molecule has 2 aliphatic heterocycles. The number of carbonyl (C=O) groups is 1. The van der Waals surface area contributed by atoms with Crippen LogP contribution >= 0.6 is 0 Å². The molecule has 0 aromatic heterocycles. The zero-order valence-corrected chi connectivity index (χ0v) is 12.5. The van der Waals surface area contributed by atoms with Crippen molar-refractivity contribution in [3.05, 3.63) is 34.9 Å². The predicted octanol–water partition coefficient (Wildman–Crippen LogP) is 4.12. The Morgan fingerprint density at radius 2 is 1.82 bits per heavy atom. The summed E-state index contributed by atoms with van der Waals surface area (Å²) in [6, 6.07) is 4.53. The van der Waals surface area contributed by atoms with E-state index in [1.54, 1.807) is 0 Å². The smallest absolute Gasteiger partial charge is 0.311 e. The summed E-state index contributed by atoms with van der Waals surface area (Å²) in [4.78, 5) is 12.6. The number of nitrogens with one attached hydrogen (secondary N) is 1. The first-order valence-corrected chi connectivity index (χ1v) is 7.82. The Morgan fingerprint density at radius 1 is 1.18 bits per heavy atom. The van der Waals surface area contributed by atoms with Gasteiger partial charge in [0, 0.05) is 23.6 Å². The van der Waals surface area contributed by atoms with Gasteiger partial charge < -0.3 is 5.32 Å². The van der Waals surface area contributed by atoms with Crippen LogP contribution in [-0.2, 0) is 6.18 Å². The van der Waals surface area contributed by atoms with Crippen LogP contribution in [0.4, 0.5) is 13.2 Å². The van der Waals surface area contributed by atoms with E-state index >= 15 is 0 Å². The van der Waals surface area contributed by atoms with Crippen LogP contribution in [0.25, 0.3) is 0 Å². The second kappa shape index (κ2) is 5.69. The number of Topliss-reactive ketones (excluding diaryl/α,β-unsaturated/α-hetero) is 1. The molecule has 2 heterocycles. The molecule has 1 N–H and O–H groups in total. The van der Waals surface area contributed by atoms with Gasteiger partial charge in [0.25, 0.3) is 0 Å². The first-order valence-electron chi connectivity index (χ1n) is 7.82. The van der Waals surface area contributed by atoms with E-state index < -0.39 is 11.7 Å². The first kappa shape index (κ1) is 15.5. The maximum absolute atomic E-state index is 12.8. The topological polar surface area (TPSA) is 29.1 Å². The lowest BCUT2D eigenvalue weighted by Gasteiger charge is -2.39. The van der Waals surface area contributed by atoms with E-state index in [9.17, 15) is 18.0 Å². The van der Waals surface area contributed by atoms with Crippen LogP contribution in [0.5, 0.6) is 0 Å². The molecule has 2 atom stereocenters. The van der Waals surface area contributed by atoms with Crippen molar-refractivity contribution in [2.45, 2.75) is 57.3 Å². The summed E-state index contributed by atoms with van der Waals surface area (Å²) >= 11 is 0. The van der Waals surface area contributed by atoms with Gasteiger partial charge in [-0.1, -0.05) is 12.5 Å². The molecule has 0 aliphatic carbocycles. The number of rotatable bonds is 2. The Labute approximate surface area is 128 Å². The highest BCUT2D eigenvalue weighted by molar-refractivity contribution is 5.98. The summed E-state index contributed by atoms with van der Waals surface area (Å²) in [5, 5.41) is 3.53. The molecule has 1 aromatic rings. The number of benzene rings is 1. The number of piperidine rings is 2. The van der Waals surface area contributed by atoms with Gasteiger partial charge in [0.1, 0.15) is 0 Å². The van der Waals surface area contributed by atoms with Crippen LogP contribution in [0.1, 0.15) is 53.6 Å². The molecule has 2 saturated heterocycles. The molecule has 0 saturated carbocycles. The number of aryl methyl sites for hydroxylation is 1. The maximum atomic E-state index is 12.8. The Kier molecular flexibility index (Phi) is 4.02. The van der Waals surface area contributed by atoms with Gasteiger partial charge in [-0.05, 0) is 50.3 Å². The zero-order valence-electron chi connectivity index (χ0n) is 12.5. The fraction of sp³-hybridized carbons (Fsp3) is 0.588. The molecule has 2 nitrogen and oxygen atoms in total. The number of fused-ring (bicyclic) bond motifs is 2. The molecule has 3 rings (SSSR count). The molecule has 120 valence electrons. The minimum absolute atomic E-state index is 0.00442. The van der Waals surface area contributed by atoms with Crippen LogP contribution < -0.4 is 5.32 Å². The fourth-order valence-corrected chi connectivity index (χ4v) is 3.85. The average molecular weight is 311 g/mol. The summed E-state index contributed by atoms with van der Waals surface area (Å²) < 4.78 is 38.4. The normalized spacial score (nSPS) is 28.5. The van der Waals surface area contributed by atoms with Gasteiger partial charge in [0.2, 0.25) is 0 Å². The van der Waals surface area contributed by atoms with E-state index in [0.29, 0.717) is 17.6 Å². The van der Waals surface area contributed by atoms with Crippen molar-refractivity contribution in [1.82, 2.24) is 5.32 Å². The van der Waals surface area contributed by atoms with Crippen molar-refractivity contribution >= 4 is 5.78 Å².